The predicted molar refractivity (Wildman–Crippen MR) is 164 cm³/mol. The minimum atomic E-state index is -0.967. The topological polar surface area (TPSA) is 87.8 Å². The molecule has 2 aromatic carbocycles. The molecule has 0 unspecified atom stereocenters. The van der Waals surface area contributed by atoms with Crippen molar-refractivity contribution in [1.29, 1.82) is 0 Å². The second kappa shape index (κ2) is 11.0. The van der Waals surface area contributed by atoms with Gasteiger partial charge in [0.1, 0.15) is 0 Å². The number of fused-ring (bicyclic) bond motifs is 2. The van der Waals surface area contributed by atoms with Gasteiger partial charge in [-0.1, -0.05) is 47.5 Å². The number of rotatable bonds is 7. The van der Waals surface area contributed by atoms with E-state index >= 15 is 0 Å². The lowest BCUT2D eigenvalue weighted by atomic mass is 10.1. The fourth-order valence-corrected chi connectivity index (χ4v) is 6.20. The summed E-state index contributed by atoms with van der Waals surface area (Å²) >= 11 is 13.9. The Balaban J connectivity index is 1.31. The molecule has 0 saturated carbocycles. The summed E-state index contributed by atoms with van der Waals surface area (Å²) in [5.74, 6) is 1.22. The standard InChI is InChI=1S/C29H28Cl2N6O2S/c1-29(2,38)25-14-23-26(40-25)27(36-9-11-39-12-10-36)34-28(33-23)35-32-15-19-17-37(24-6-4-3-5-20(19)24)16-18-7-8-21(30)22(31)13-18/h3-8,13-15,17,38H,9-12,16H2,1-2H3,(H,33,34,35)/b32-15+. The van der Waals surface area contributed by atoms with E-state index in [2.05, 4.69) is 38.3 Å². The van der Waals surface area contributed by atoms with Gasteiger partial charge in [-0.15, -0.1) is 11.3 Å². The van der Waals surface area contributed by atoms with Crippen LogP contribution >= 0.6 is 34.5 Å². The monoisotopic (exact) mass is 594 g/mol. The molecule has 1 fully saturated rings. The van der Waals surface area contributed by atoms with E-state index in [-0.39, 0.29) is 0 Å². The molecule has 1 aliphatic heterocycles. The van der Waals surface area contributed by atoms with Gasteiger partial charge in [-0.2, -0.15) is 10.1 Å². The molecule has 0 amide bonds. The fourth-order valence-electron chi connectivity index (χ4n) is 4.76. The Morgan fingerprint density at radius 3 is 2.67 bits per heavy atom. The van der Waals surface area contributed by atoms with E-state index in [1.54, 1.807) is 20.1 Å². The van der Waals surface area contributed by atoms with Crippen LogP contribution in [0.3, 0.4) is 0 Å². The molecule has 8 nitrogen and oxygen atoms in total. The molecule has 0 atom stereocenters. The van der Waals surface area contributed by atoms with Crippen LogP contribution in [0.4, 0.5) is 11.8 Å². The number of aromatic nitrogens is 3. The molecule has 40 heavy (non-hydrogen) atoms. The number of aliphatic hydroxyl groups is 1. The molecule has 206 valence electrons. The Bertz CT molecular complexity index is 1720. The predicted octanol–water partition coefficient (Wildman–Crippen LogP) is 6.51. The highest BCUT2D eigenvalue weighted by molar-refractivity contribution is 7.19. The van der Waals surface area contributed by atoms with Gasteiger partial charge in [-0.25, -0.2) is 10.4 Å². The highest BCUT2D eigenvalue weighted by Gasteiger charge is 2.24. The lowest BCUT2D eigenvalue weighted by Gasteiger charge is -2.28. The highest BCUT2D eigenvalue weighted by Crippen LogP contribution is 2.37. The molecule has 2 N–H and O–H groups in total. The zero-order valence-electron chi connectivity index (χ0n) is 22.1. The minimum absolute atomic E-state index is 0.393. The van der Waals surface area contributed by atoms with Crippen molar-refractivity contribution in [3.05, 3.63) is 80.8 Å². The molecule has 0 bridgehead atoms. The number of hydrogen-bond donors (Lipinski definition) is 2. The zero-order chi connectivity index (χ0) is 27.9. The third-order valence-electron chi connectivity index (χ3n) is 6.79. The van der Waals surface area contributed by atoms with Gasteiger partial charge in [0.25, 0.3) is 0 Å². The summed E-state index contributed by atoms with van der Waals surface area (Å²) < 4.78 is 8.66. The minimum Gasteiger partial charge on any atom is -0.385 e. The Morgan fingerprint density at radius 2 is 1.90 bits per heavy atom. The number of anilines is 2. The lowest BCUT2D eigenvalue weighted by molar-refractivity contribution is 0.0826. The summed E-state index contributed by atoms with van der Waals surface area (Å²) in [7, 11) is 0. The van der Waals surface area contributed by atoms with Crippen LogP contribution in [-0.4, -0.2) is 52.2 Å². The van der Waals surface area contributed by atoms with Gasteiger partial charge in [0, 0.05) is 47.2 Å². The molecule has 11 heteroatoms. The van der Waals surface area contributed by atoms with Crippen molar-refractivity contribution in [3.63, 3.8) is 0 Å². The maximum absolute atomic E-state index is 10.6. The van der Waals surface area contributed by atoms with E-state index in [9.17, 15) is 5.11 Å². The highest BCUT2D eigenvalue weighted by atomic mass is 35.5. The van der Waals surface area contributed by atoms with Crippen LogP contribution < -0.4 is 10.3 Å². The Morgan fingerprint density at radius 1 is 1.10 bits per heavy atom. The molecule has 4 heterocycles. The molecular formula is C29H28Cl2N6O2S. The number of halogens is 2. The van der Waals surface area contributed by atoms with Crippen molar-refractivity contribution in [2.45, 2.75) is 26.0 Å². The molecule has 6 rings (SSSR count). The summed E-state index contributed by atoms with van der Waals surface area (Å²) in [6.07, 6.45) is 3.85. The average Bonchev–Trinajstić information content (AvgIpc) is 3.53. The van der Waals surface area contributed by atoms with E-state index in [1.807, 2.05) is 36.4 Å². The number of thiophene rings is 1. The molecule has 1 aliphatic rings. The van der Waals surface area contributed by atoms with Crippen LogP contribution in [0, 0.1) is 0 Å². The Hall–Kier alpha value is -3.21. The smallest absolute Gasteiger partial charge is 0.246 e. The average molecular weight is 596 g/mol. The molecule has 0 aliphatic carbocycles. The van der Waals surface area contributed by atoms with Crippen LogP contribution in [0.25, 0.3) is 21.1 Å². The second-order valence-corrected chi connectivity index (χ2v) is 12.1. The van der Waals surface area contributed by atoms with Crippen LogP contribution in [0.15, 0.2) is 59.8 Å². The number of benzene rings is 2. The number of para-hydroxylation sites is 1. The second-order valence-electron chi connectivity index (χ2n) is 10.2. The number of nitrogens with zero attached hydrogens (tertiary/aromatic N) is 5. The molecular weight excluding hydrogens is 567 g/mol. The third kappa shape index (κ3) is 5.53. The van der Waals surface area contributed by atoms with Crippen LogP contribution in [-0.2, 0) is 16.9 Å². The van der Waals surface area contributed by atoms with E-state index in [1.165, 1.54) is 11.3 Å². The van der Waals surface area contributed by atoms with Gasteiger partial charge < -0.3 is 19.3 Å². The molecule has 0 radical (unpaired) electrons. The van der Waals surface area contributed by atoms with Crippen LogP contribution in [0.5, 0.6) is 0 Å². The van der Waals surface area contributed by atoms with Crippen LogP contribution in [0.2, 0.25) is 10.0 Å². The quantitative estimate of drug-likeness (QED) is 0.165. The summed E-state index contributed by atoms with van der Waals surface area (Å²) in [6, 6.07) is 15.8. The van der Waals surface area contributed by atoms with Gasteiger partial charge >= 0.3 is 0 Å². The Labute approximate surface area is 245 Å². The van der Waals surface area contributed by atoms with Crippen molar-refractivity contribution in [3.8, 4) is 0 Å². The van der Waals surface area contributed by atoms with Gasteiger partial charge in [-0.3, -0.25) is 0 Å². The van der Waals surface area contributed by atoms with Crippen molar-refractivity contribution in [1.82, 2.24) is 14.5 Å². The number of hydrazone groups is 1. The van der Waals surface area contributed by atoms with E-state index < -0.39 is 5.60 Å². The van der Waals surface area contributed by atoms with Gasteiger partial charge in [0.15, 0.2) is 5.82 Å². The van der Waals surface area contributed by atoms with Crippen molar-refractivity contribution < 1.29 is 9.84 Å². The van der Waals surface area contributed by atoms with Crippen molar-refractivity contribution >= 4 is 73.6 Å². The first-order valence-corrected chi connectivity index (χ1v) is 14.5. The number of ether oxygens (including phenoxy) is 1. The largest absolute Gasteiger partial charge is 0.385 e. The molecule has 5 aromatic rings. The number of morpholine rings is 1. The molecule has 0 spiro atoms. The van der Waals surface area contributed by atoms with Crippen molar-refractivity contribution in [2.75, 3.05) is 36.6 Å². The number of hydrogen-bond acceptors (Lipinski definition) is 8. The lowest BCUT2D eigenvalue weighted by Crippen LogP contribution is -2.36. The number of nitrogens with one attached hydrogen (secondary N) is 1. The van der Waals surface area contributed by atoms with E-state index in [0.717, 1.165) is 56.0 Å². The maximum atomic E-state index is 10.6. The summed E-state index contributed by atoms with van der Waals surface area (Å²) in [5.41, 5.74) is 5.94. The fraction of sp³-hybridized carbons (Fsp3) is 0.276. The summed E-state index contributed by atoms with van der Waals surface area (Å²) in [5, 5.41) is 17.3. The van der Waals surface area contributed by atoms with Gasteiger partial charge in [0.2, 0.25) is 5.95 Å². The van der Waals surface area contributed by atoms with Gasteiger partial charge in [-0.05, 0) is 43.7 Å². The maximum Gasteiger partial charge on any atom is 0.246 e. The molecule has 1 saturated heterocycles. The van der Waals surface area contributed by atoms with E-state index in [4.69, 9.17) is 37.9 Å². The van der Waals surface area contributed by atoms with Gasteiger partial charge in [0.05, 0.1) is 45.3 Å². The first kappa shape index (κ1) is 27.0. The summed E-state index contributed by atoms with van der Waals surface area (Å²) in [4.78, 5) is 12.6. The Kier molecular flexibility index (Phi) is 7.41. The SMILES string of the molecule is CC(C)(O)c1cc2nc(N/N=C/c3cn(Cc4ccc(Cl)c(Cl)c4)c4ccccc34)nc(N3CCOCC3)c2s1. The normalized spacial score (nSPS) is 14.6. The molecule has 3 aromatic heterocycles. The van der Waals surface area contributed by atoms with Crippen molar-refractivity contribution in [2.24, 2.45) is 5.10 Å². The van der Waals surface area contributed by atoms with Crippen LogP contribution in [0.1, 0.15) is 29.9 Å². The first-order chi connectivity index (χ1) is 19.3. The third-order valence-corrected chi connectivity index (χ3v) is 8.96. The van der Waals surface area contributed by atoms with E-state index in [0.29, 0.717) is 35.8 Å². The first-order valence-electron chi connectivity index (χ1n) is 12.9. The summed E-state index contributed by atoms with van der Waals surface area (Å²) in [6.45, 7) is 6.96. The zero-order valence-corrected chi connectivity index (χ0v) is 24.4.